The zero-order valence-electron chi connectivity index (χ0n) is 15.0. The van der Waals surface area contributed by atoms with E-state index in [9.17, 15) is 30.0 Å². The number of aryl methyl sites for hydroxylation is 1. The molecule has 154 valence electrons. The average molecular weight is 438 g/mol. The van der Waals surface area contributed by atoms with Crippen LogP contribution in [0.25, 0.3) is 0 Å². The van der Waals surface area contributed by atoms with Gasteiger partial charge >= 0.3 is 6.36 Å². The van der Waals surface area contributed by atoms with Gasteiger partial charge in [0.15, 0.2) is 0 Å². The van der Waals surface area contributed by atoms with Gasteiger partial charge in [-0.1, -0.05) is 18.2 Å². The monoisotopic (exact) mass is 438 g/mol. The Morgan fingerprint density at radius 3 is 2.18 bits per heavy atom. The maximum Gasteiger partial charge on any atom is 0.573 e. The summed E-state index contributed by atoms with van der Waals surface area (Å²) in [6, 6.07) is 8.00. The summed E-state index contributed by atoms with van der Waals surface area (Å²) < 4.78 is 94.3. The number of nitrogens with one attached hydrogen (secondary N) is 1. The third-order valence-corrected chi connectivity index (χ3v) is 6.81. The van der Waals surface area contributed by atoms with Crippen LogP contribution in [-0.2, 0) is 20.0 Å². The van der Waals surface area contributed by atoms with Crippen molar-refractivity contribution in [3.8, 4) is 5.75 Å². The number of nitrogens with zero attached hydrogens (tertiary/aromatic N) is 1. The molecule has 0 saturated heterocycles. The predicted molar refractivity (Wildman–Crippen MR) is 96.0 cm³/mol. The van der Waals surface area contributed by atoms with E-state index in [1.54, 1.807) is 0 Å². The minimum Gasteiger partial charge on any atom is -0.404 e. The number of alkyl halides is 3. The van der Waals surface area contributed by atoms with Crippen LogP contribution >= 0.6 is 0 Å². The van der Waals surface area contributed by atoms with Gasteiger partial charge in [-0.05, 0) is 36.8 Å². The molecule has 0 heterocycles. The summed E-state index contributed by atoms with van der Waals surface area (Å²) in [6.45, 7) is 1.52. The van der Waals surface area contributed by atoms with Crippen LogP contribution < -0.4 is 9.46 Å². The second-order valence-corrected chi connectivity index (χ2v) is 9.67. The van der Waals surface area contributed by atoms with Gasteiger partial charge in [-0.25, -0.2) is 21.1 Å². The molecule has 12 heteroatoms. The SMILES string of the molecule is Cc1ccc(S(=O)(=O)N(C)C)cc1NS(=O)(=O)c1ccccc1OC(F)(F)F. The molecule has 0 fully saturated rings. The van der Waals surface area contributed by atoms with Crippen LogP contribution in [0.1, 0.15) is 5.56 Å². The zero-order chi connectivity index (χ0) is 21.3. The molecule has 0 aromatic heterocycles. The van der Waals surface area contributed by atoms with Crippen LogP contribution in [0.15, 0.2) is 52.3 Å². The number of para-hydroxylation sites is 1. The molecule has 0 aliphatic carbocycles. The van der Waals surface area contributed by atoms with Crippen molar-refractivity contribution in [1.82, 2.24) is 4.31 Å². The Hall–Kier alpha value is -2.31. The lowest BCUT2D eigenvalue weighted by molar-refractivity contribution is -0.275. The molecule has 0 spiro atoms. The van der Waals surface area contributed by atoms with Gasteiger partial charge in [-0.3, -0.25) is 4.72 Å². The first-order valence-electron chi connectivity index (χ1n) is 7.65. The fourth-order valence-corrected chi connectivity index (χ4v) is 4.34. The van der Waals surface area contributed by atoms with Gasteiger partial charge in [-0.15, -0.1) is 13.2 Å². The first-order chi connectivity index (χ1) is 12.7. The Morgan fingerprint density at radius 2 is 1.61 bits per heavy atom. The maximum absolute atomic E-state index is 12.6. The molecule has 2 aromatic carbocycles. The summed E-state index contributed by atoms with van der Waals surface area (Å²) in [5.41, 5.74) is 0.278. The average Bonchev–Trinajstić information content (AvgIpc) is 2.55. The summed E-state index contributed by atoms with van der Waals surface area (Å²) in [5, 5.41) is 0. The quantitative estimate of drug-likeness (QED) is 0.749. The topological polar surface area (TPSA) is 92.8 Å². The van der Waals surface area contributed by atoms with Crippen LogP contribution in [0.5, 0.6) is 5.75 Å². The molecule has 0 atom stereocenters. The van der Waals surface area contributed by atoms with E-state index in [1.807, 2.05) is 0 Å². The smallest absolute Gasteiger partial charge is 0.404 e. The van der Waals surface area contributed by atoms with Crippen molar-refractivity contribution < 1.29 is 34.7 Å². The number of benzene rings is 2. The second-order valence-electron chi connectivity index (χ2n) is 5.86. The Morgan fingerprint density at radius 1 is 1.00 bits per heavy atom. The maximum atomic E-state index is 12.6. The third kappa shape index (κ3) is 4.94. The van der Waals surface area contributed by atoms with E-state index in [2.05, 4.69) is 9.46 Å². The molecule has 0 saturated carbocycles. The normalized spacial score (nSPS) is 12.8. The first kappa shape index (κ1) is 22.0. The summed E-state index contributed by atoms with van der Waals surface area (Å²) in [5.74, 6) is -0.905. The number of hydrogen-bond donors (Lipinski definition) is 1. The van der Waals surface area contributed by atoms with E-state index in [0.29, 0.717) is 5.56 Å². The lowest BCUT2D eigenvalue weighted by Crippen LogP contribution is -2.23. The molecule has 7 nitrogen and oxygen atoms in total. The van der Waals surface area contributed by atoms with Gasteiger partial charge in [0.1, 0.15) is 10.6 Å². The fourth-order valence-electron chi connectivity index (χ4n) is 2.16. The lowest BCUT2D eigenvalue weighted by Gasteiger charge is -2.17. The van der Waals surface area contributed by atoms with Gasteiger partial charge in [0, 0.05) is 14.1 Å². The molecule has 2 rings (SSSR count). The van der Waals surface area contributed by atoms with Gasteiger partial charge < -0.3 is 4.74 Å². The van der Waals surface area contributed by atoms with E-state index < -0.39 is 37.1 Å². The number of rotatable bonds is 6. The van der Waals surface area contributed by atoms with Crippen LogP contribution in [0.3, 0.4) is 0 Å². The molecule has 0 aliphatic rings. The van der Waals surface area contributed by atoms with Crippen molar-refractivity contribution in [2.45, 2.75) is 23.1 Å². The largest absolute Gasteiger partial charge is 0.573 e. The second kappa shape index (κ2) is 7.60. The van der Waals surface area contributed by atoms with Crippen LogP contribution in [0.4, 0.5) is 18.9 Å². The van der Waals surface area contributed by atoms with Gasteiger partial charge in [0.05, 0.1) is 10.6 Å². The van der Waals surface area contributed by atoms with E-state index in [1.165, 1.54) is 45.3 Å². The van der Waals surface area contributed by atoms with Crippen molar-refractivity contribution in [1.29, 1.82) is 0 Å². The van der Waals surface area contributed by atoms with E-state index in [4.69, 9.17) is 0 Å². The van der Waals surface area contributed by atoms with Crippen LogP contribution in [0.2, 0.25) is 0 Å². The van der Waals surface area contributed by atoms with E-state index in [-0.39, 0.29) is 10.6 Å². The highest BCUT2D eigenvalue weighted by Crippen LogP contribution is 2.31. The Bertz CT molecular complexity index is 1080. The molecule has 0 unspecified atom stereocenters. The molecule has 0 radical (unpaired) electrons. The minimum atomic E-state index is -5.08. The highest BCUT2D eigenvalue weighted by molar-refractivity contribution is 7.92. The molecule has 0 amide bonds. The molecule has 0 bridgehead atoms. The minimum absolute atomic E-state index is 0.0928. The number of ether oxygens (including phenoxy) is 1. The predicted octanol–water partition coefficient (Wildman–Crippen LogP) is 2.94. The lowest BCUT2D eigenvalue weighted by atomic mass is 10.2. The summed E-state index contributed by atoms with van der Waals surface area (Å²) in [6.07, 6.45) is -5.08. The van der Waals surface area contributed by atoms with Crippen LogP contribution in [0, 0.1) is 6.92 Å². The van der Waals surface area contributed by atoms with Crippen molar-refractivity contribution in [2.24, 2.45) is 0 Å². The molecule has 28 heavy (non-hydrogen) atoms. The van der Waals surface area contributed by atoms with E-state index in [0.717, 1.165) is 22.5 Å². The van der Waals surface area contributed by atoms with Crippen molar-refractivity contribution in [3.05, 3.63) is 48.0 Å². The number of halogens is 3. The van der Waals surface area contributed by atoms with E-state index >= 15 is 0 Å². The molecule has 1 N–H and O–H groups in total. The number of sulfonamides is 2. The first-order valence-corrected chi connectivity index (χ1v) is 10.6. The van der Waals surface area contributed by atoms with Crippen molar-refractivity contribution in [2.75, 3.05) is 18.8 Å². The van der Waals surface area contributed by atoms with Gasteiger partial charge in [0.2, 0.25) is 10.0 Å². The molecular formula is C16H17F3N2O5S2. The fraction of sp³-hybridized carbons (Fsp3) is 0.250. The van der Waals surface area contributed by atoms with Crippen molar-refractivity contribution >= 4 is 25.7 Å². The Balaban J connectivity index is 2.49. The summed E-state index contributed by atoms with van der Waals surface area (Å²) >= 11 is 0. The molecule has 0 aliphatic heterocycles. The zero-order valence-corrected chi connectivity index (χ0v) is 16.6. The Labute approximate surface area is 160 Å². The highest BCUT2D eigenvalue weighted by atomic mass is 32.2. The molecule has 2 aromatic rings. The van der Waals surface area contributed by atoms with Gasteiger partial charge in [0.25, 0.3) is 10.0 Å². The molecular weight excluding hydrogens is 421 g/mol. The Kier molecular flexibility index (Phi) is 5.97. The van der Waals surface area contributed by atoms with Crippen LogP contribution in [-0.4, -0.2) is 41.6 Å². The summed E-state index contributed by atoms with van der Waals surface area (Å²) in [7, 11) is -5.73. The third-order valence-electron chi connectivity index (χ3n) is 3.60. The highest BCUT2D eigenvalue weighted by Gasteiger charge is 2.34. The van der Waals surface area contributed by atoms with Gasteiger partial charge in [-0.2, -0.15) is 0 Å². The summed E-state index contributed by atoms with van der Waals surface area (Å²) in [4.78, 5) is -0.923. The number of hydrogen-bond acceptors (Lipinski definition) is 5. The standard InChI is InChI=1S/C16H17F3N2O5S2/c1-11-8-9-12(28(24,25)21(2)3)10-13(11)20-27(22,23)15-7-5-4-6-14(15)26-16(17,18)19/h4-10,20H,1-3H3. The number of anilines is 1. The van der Waals surface area contributed by atoms with Crippen molar-refractivity contribution in [3.63, 3.8) is 0 Å².